The van der Waals surface area contributed by atoms with Crippen LogP contribution in [-0.4, -0.2) is 13.2 Å². The van der Waals surface area contributed by atoms with Crippen LogP contribution in [0.1, 0.15) is 17.2 Å². The molecule has 1 atom stereocenters. The van der Waals surface area contributed by atoms with Crippen LogP contribution in [0.4, 0.5) is 11.4 Å². The molecule has 1 heterocycles. The molecule has 0 bridgehead atoms. The summed E-state index contributed by atoms with van der Waals surface area (Å²) in [4.78, 5) is 4.80. The third kappa shape index (κ3) is 3.07. The zero-order valence-corrected chi connectivity index (χ0v) is 13.9. The van der Waals surface area contributed by atoms with E-state index >= 15 is 0 Å². The lowest BCUT2D eigenvalue weighted by atomic mass is 10.1. The Kier molecular flexibility index (Phi) is 4.10. The standard InChI is InChI=1S/C22H19N3/c23-15-18-11-13-21(14-12-18)25-17-24(20-9-5-2-6-10-20)16-22(25)19-7-3-1-4-8-19/h1-14,22H,16-17H2. The number of anilines is 2. The van der Waals surface area contributed by atoms with Crippen molar-refractivity contribution >= 4 is 11.4 Å². The van der Waals surface area contributed by atoms with Crippen LogP contribution in [0.2, 0.25) is 0 Å². The van der Waals surface area contributed by atoms with Crippen LogP contribution in [0.5, 0.6) is 0 Å². The maximum atomic E-state index is 9.04. The Morgan fingerprint density at radius 1 is 0.760 bits per heavy atom. The normalized spacial score (nSPS) is 16.7. The van der Waals surface area contributed by atoms with Gasteiger partial charge in [-0.1, -0.05) is 48.5 Å². The lowest BCUT2D eigenvalue weighted by Gasteiger charge is -2.26. The molecule has 0 aliphatic carbocycles. The summed E-state index contributed by atoms with van der Waals surface area (Å²) in [6, 6.07) is 31.5. The summed E-state index contributed by atoms with van der Waals surface area (Å²) in [6.07, 6.45) is 0. The number of para-hydroxylation sites is 1. The van der Waals surface area contributed by atoms with Crippen molar-refractivity contribution in [1.29, 1.82) is 5.26 Å². The minimum atomic E-state index is 0.286. The molecule has 0 saturated carbocycles. The summed E-state index contributed by atoms with van der Waals surface area (Å²) in [5.74, 6) is 0. The predicted molar refractivity (Wildman–Crippen MR) is 101 cm³/mol. The van der Waals surface area contributed by atoms with Crippen molar-refractivity contribution in [2.45, 2.75) is 6.04 Å². The summed E-state index contributed by atoms with van der Waals surface area (Å²) in [5.41, 5.74) is 4.38. The van der Waals surface area contributed by atoms with Gasteiger partial charge in [0.05, 0.1) is 24.3 Å². The molecule has 0 amide bonds. The van der Waals surface area contributed by atoms with Crippen LogP contribution in [0.3, 0.4) is 0 Å². The second kappa shape index (κ2) is 6.70. The molecule has 0 N–H and O–H groups in total. The zero-order valence-electron chi connectivity index (χ0n) is 13.9. The average molecular weight is 325 g/mol. The Hall–Kier alpha value is -3.25. The van der Waals surface area contributed by atoms with E-state index in [4.69, 9.17) is 5.26 Å². The second-order valence-corrected chi connectivity index (χ2v) is 6.25. The summed E-state index contributed by atoms with van der Waals surface area (Å²) in [5, 5.41) is 9.04. The molecule has 1 saturated heterocycles. The van der Waals surface area contributed by atoms with Gasteiger partial charge in [-0.2, -0.15) is 5.26 Å². The minimum Gasteiger partial charge on any atom is -0.351 e. The first-order valence-electron chi connectivity index (χ1n) is 8.47. The molecule has 1 aliphatic rings. The van der Waals surface area contributed by atoms with E-state index in [1.807, 2.05) is 30.3 Å². The van der Waals surface area contributed by atoms with Crippen LogP contribution < -0.4 is 9.80 Å². The number of nitrogens with zero attached hydrogens (tertiary/aromatic N) is 3. The molecule has 0 spiro atoms. The van der Waals surface area contributed by atoms with Crippen molar-refractivity contribution in [1.82, 2.24) is 0 Å². The molecule has 0 aromatic heterocycles. The fourth-order valence-corrected chi connectivity index (χ4v) is 3.42. The molecule has 3 nitrogen and oxygen atoms in total. The third-order valence-corrected chi connectivity index (χ3v) is 4.73. The lowest BCUT2D eigenvalue weighted by molar-refractivity contribution is 0.762. The molecule has 1 fully saturated rings. The van der Waals surface area contributed by atoms with Crippen molar-refractivity contribution in [3.8, 4) is 6.07 Å². The Morgan fingerprint density at radius 2 is 1.40 bits per heavy atom. The lowest BCUT2D eigenvalue weighted by Crippen LogP contribution is -2.26. The van der Waals surface area contributed by atoms with Crippen LogP contribution in [0.25, 0.3) is 0 Å². The van der Waals surface area contributed by atoms with Crippen LogP contribution in [-0.2, 0) is 0 Å². The van der Waals surface area contributed by atoms with E-state index in [-0.39, 0.29) is 6.04 Å². The highest BCUT2D eigenvalue weighted by Crippen LogP contribution is 2.35. The maximum Gasteiger partial charge on any atom is 0.0991 e. The Labute approximate surface area is 148 Å². The minimum absolute atomic E-state index is 0.286. The molecule has 3 aromatic carbocycles. The molecular weight excluding hydrogens is 306 g/mol. The molecule has 25 heavy (non-hydrogen) atoms. The Morgan fingerprint density at radius 3 is 2.04 bits per heavy atom. The van der Waals surface area contributed by atoms with Gasteiger partial charge in [0.1, 0.15) is 0 Å². The molecular formula is C22H19N3. The smallest absolute Gasteiger partial charge is 0.0991 e. The second-order valence-electron chi connectivity index (χ2n) is 6.25. The largest absolute Gasteiger partial charge is 0.351 e. The van der Waals surface area contributed by atoms with Gasteiger partial charge in [-0.05, 0) is 42.0 Å². The van der Waals surface area contributed by atoms with E-state index in [0.717, 1.165) is 18.9 Å². The third-order valence-electron chi connectivity index (χ3n) is 4.73. The van der Waals surface area contributed by atoms with Gasteiger partial charge in [0.2, 0.25) is 0 Å². The van der Waals surface area contributed by atoms with Crippen molar-refractivity contribution in [3.63, 3.8) is 0 Å². The van der Waals surface area contributed by atoms with Gasteiger partial charge in [0.25, 0.3) is 0 Å². The summed E-state index contributed by atoms with van der Waals surface area (Å²) in [7, 11) is 0. The van der Waals surface area contributed by atoms with Crippen molar-refractivity contribution < 1.29 is 0 Å². The molecule has 1 unspecified atom stereocenters. The van der Waals surface area contributed by atoms with Gasteiger partial charge < -0.3 is 9.80 Å². The first-order valence-corrected chi connectivity index (χ1v) is 8.47. The van der Waals surface area contributed by atoms with Gasteiger partial charge >= 0.3 is 0 Å². The topological polar surface area (TPSA) is 30.3 Å². The Balaban J connectivity index is 1.69. The number of hydrogen-bond donors (Lipinski definition) is 0. The maximum absolute atomic E-state index is 9.04. The van der Waals surface area contributed by atoms with Gasteiger partial charge in [0, 0.05) is 17.9 Å². The summed E-state index contributed by atoms with van der Waals surface area (Å²) in [6.45, 7) is 1.77. The number of nitriles is 1. The van der Waals surface area contributed by atoms with E-state index in [2.05, 4.69) is 70.5 Å². The Bertz CT molecular complexity index is 867. The summed E-state index contributed by atoms with van der Waals surface area (Å²) < 4.78 is 0. The number of hydrogen-bond acceptors (Lipinski definition) is 3. The molecule has 1 aliphatic heterocycles. The van der Waals surface area contributed by atoms with E-state index < -0.39 is 0 Å². The van der Waals surface area contributed by atoms with Gasteiger partial charge in [0.15, 0.2) is 0 Å². The number of benzene rings is 3. The first kappa shape index (κ1) is 15.3. The molecule has 3 aromatic rings. The monoisotopic (exact) mass is 325 g/mol. The fourth-order valence-electron chi connectivity index (χ4n) is 3.42. The van der Waals surface area contributed by atoms with E-state index in [1.54, 1.807) is 0 Å². The molecule has 4 rings (SSSR count). The van der Waals surface area contributed by atoms with Crippen LogP contribution in [0.15, 0.2) is 84.9 Å². The quantitative estimate of drug-likeness (QED) is 0.706. The van der Waals surface area contributed by atoms with E-state index in [9.17, 15) is 0 Å². The van der Waals surface area contributed by atoms with Gasteiger partial charge in [-0.3, -0.25) is 0 Å². The fraction of sp³-hybridized carbons (Fsp3) is 0.136. The van der Waals surface area contributed by atoms with Gasteiger partial charge in [-0.15, -0.1) is 0 Å². The van der Waals surface area contributed by atoms with Gasteiger partial charge in [-0.25, -0.2) is 0 Å². The van der Waals surface area contributed by atoms with Crippen molar-refractivity contribution in [2.75, 3.05) is 23.0 Å². The van der Waals surface area contributed by atoms with Crippen molar-refractivity contribution in [2.24, 2.45) is 0 Å². The van der Waals surface area contributed by atoms with E-state index in [1.165, 1.54) is 11.3 Å². The molecule has 122 valence electrons. The van der Waals surface area contributed by atoms with Crippen LogP contribution in [0, 0.1) is 11.3 Å². The first-order chi connectivity index (χ1) is 12.3. The zero-order chi connectivity index (χ0) is 17.1. The highest BCUT2D eigenvalue weighted by Gasteiger charge is 2.31. The highest BCUT2D eigenvalue weighted by atomic mass is 15.4. The van der Waals surface area contributed by atoms with Crippen LogP contribution >= 0.6 is 0 Å². The highest BCUT2D eigenvalue weighted by molar-refractivity contribution is 5.58. The summed E-state index contributed by atoms with van der Waals surface area (Å²) >= 11 is 0. The number of rotatable bonds is 3. The average Bonchev–Trinajstić information content (AvgIpc) is 3.15. The van der Waals surface area contributed by atoms with E-state index in [0.29, 0.717) is 5.56 Å². The predicted octanol–water partition coefficient (Wildman–Crippen LogP) is 4.58. The van der Waals surface area contributed by atoms with Crippen molar-refractivity contribution in [3.05, 3.63) is 96.1 Å². The SMILES string of the molecule is N#Cc1ccc(N2CN(c3ccccc3)CC2c2ccccc2)cc1. The molecule has 0 radical (unpaired) electrons. The molecule has 3 heteroatoms.